The molecule has 0 fully saturated rings. The van der Waals surface area contributed by atoms with E-state index in [1.807, 2.05) is 0 Å². The number of carbonyl (C=O) groups excluding carboxylic acids is 2. The van der Waals surface area contributed by atoms with E-state index in [1.165, 1.54) is 116 Å². The van der Waals surface area contributed by atoms with Crippen LogP contribution in [0.4, 0.5) is 0 Å². The SMILES string of the molecule is CCCCCCCCCC/C=C\CCCCCCCCCCCCCC(=O)OC(CO)COC(=O)CC. The average Bonchev–Trinajstić information content (AvgIpc) is 2.91. The van der Waals surface area contributed by atoms with Gasteiger partial charge in [-0.2, -0.15) is 0 Å². The molecule has 0 aromatic heterocycles. The highest BCUT2D eigenvalue weighted by Crippen LogP contribution is 2.14. The highest BCUT2D eigenvalue weighted by atomic mass is 16.6. The molecule has 0 aromatic rings. The third-order valence-electron chi connectivity index (χ3n) is 6.86. The summed E-state index contributed by atoms with van der Waals surface area (Å²) in [7, 11) is 0. The van der Waals surface area contributed by atoms with Crippen LogP contribution in [0.3, 0.4) is 0 Å². The summed E-state index contributed by atoms with van der Waals surface area (Å²) in [5.41, 5.74) is 0. The molecule has 1 N–H and O–H groups in total. The number of aliphatic hydroxyl groups excluding tert-OH is 1. The lowest BCUT2D eigenvalue weighted by molar-refractivity contribution is -0.161. The van der Waals surface area contributed by atoms with Gasteiger partial charge in [0.25, 0.3) is 0 Å². The molecular weight excluding hydrogens is 464 g/mol. The Morgan fingerprint density at radius 3 is 1.49 bits per heavy atom. The molecule has 1 unspecified atom stereocenters. The van der Waals surface area contributed by atoms with Crippen LogP contribution < -0.4 is 0 Å². The summed E-state index contributed by atoms with van der Waals surface area (Å²) in [5.74, 6) is -0.688. The van der Waals surface area contributed by atoms with Gasteiger partial charge in [-0.15, -0.1) is 0 Å². The van der Waals surface area contributed by atoms with E-state index in [9.17, 15) is 14.7 Å². The highest BCUT2D eigenvalue weighted by Gasteiger charge is 2.15. The van der Waals surface area contributed by atoms with Crippen LogP contribution in [0.1, 0.15) is 162 Å². The zero-order chi connectivity index (χ0) is 27.2. The molecule has 0 heterocycles. The molecule has 5 heteroatoms. The Balaban J connectivity index is 3.32. The third-order valence-corrected chi connectivity index (χ3v) is 6.86. The first-order chi connectivity index (χ1) is 18.1. The molecule has 0 saturated heterocycles. The van der Waals surface area contributed by atoms with Crippen molar-refractivity contribution in [3.05, 3.63) is 12.2 Å². The van der Waals surface area contributed by atoms with E-state index in [1.54, 1.807) is 6.92 Å². The second kappa shape index (κ2) is 29.2. The number of hydrogen-bond acceptors (Lipinski definition) is 5. The minimum atomic E-state index is -0.760. The summed E-state index contributed by atoms with van der Waals surface area (Å²) >= 11 is 0. The van der Waals surface area contributed by atoms with Gasteiger partial charge in [0.15, 0.2) is 6.10 Å². The maximum atomic E-state index is 11.9. The van der Waals surface area contributed by atoms with Crippen molar-refractivity contribution >= 4 is 11.9 Å². The first-order valence-electron chi connectivity index (χ1n) is 15.7. The summed E-state index contributed by atoms with van der Waals surface area (Å²) in [6.45, 7) is 3.56. The molecule has 0 aromatic carbocycles. The topological polar surface area (TPSA) is 72.8 Å². The van der Waals surface area contributed by atoms with Crippen LogP contribution in [0, 0.1) is 0 Å². The smallest absolute Gasteiger partial charge is 0.306 e. The van der Waals surface area contributed by atoms with Crippen LogP contribution in [0.15, 0.2) is 12.2 Å². The summed E-state index contributed by atoms with van der Waals surface area (Å²) in [6.07, 6.45) is 31.9. The van der Waals surface area contributed by atoms with E-state index >= 15 is 0 Å². The summed E-state index contributed by atoms with van der Waals surface area (Å²) in [6, 6.07) is 0. The van der Waals surface area contributed by atoms with Gasteiger partial charge < -0.3 is 14.6 Å². The number of esters is 2. The van der Waals surface area contributed by atoms with Gasteiger partial charge in [0, 0.05) is 12.8 Å². The zero-order valence-corrected chi connectivity index (χ0v) is 24.5. The molecule has 0 saturated carbocycles. The Morgan fingerprint density at radius 1 is 0.622 bits per heavy atom. The normalized spacial score (nSPS) is 12.2. The molecule has 5 nitrogen and oxygen atoms in total. The molecular formula is C32H60O5. The fourth-order valence-electron chi connectivity index (χ4n) is 4.41. The van der Waals surface area contributed by atoms with E-state index in [0.29, 0.717) is 6.42 Å². The molecule has 0 rings (SSSR count). The van der Waals surface area contributed by atoms with E-state index in [4.69, 9.17) is 9.47 Å². The van der Waals surface area contributed by atoms with Gasteiger partial charge in [0.05, 0.1) is 6.61 Å². The van der Waals surface area contributed by atoms with Crippen molar-refractivity contribution in [2.24, 2.45) is 0 Å². The van der Waals surface area contributed by atoms with Gasteiger partial charge in [0.1, 0.15) is 6.61 Å². The van der Waals surface area contributed by atoms with Crippen molar-refractivity contribution in [1.29, 1.82) is 0 Å². The van der Waals surface area contributed by atoms with Crippen molar-refractivity contribution in [2.45, 2.75) is 168 Å². The van der Waals surface area contributed by atoms with Crippen LogP contribution in [-0.2, 0) is 19.1 Å². The number of unbranched alkanes of at least 4 members (excludes halogenated alkanes) is 19. The number of rotatable bonds is 28. The number of hydrogen-bond donors (Lipinski definition) is 1. The van der Waals surface area contributed by atoms with Crippen molar-refractivity contribution < 1.29 is 24.2 Å². The van der Waals surface area contributed by atoms with Crippen LogP contribution in [0.5, 0.6) is 0 Å². The number of aliphatic hydroxyl groups is 1. The monoisotopic (exact) mass is 524 g/mol. The number of ether oxygens (including phenoxy) is 2. The summed E-state index contributed by atoms with van der Waals surface area (Å²) < 4.78 is 10.1. The maximum absolute atomic E-state index is 11.9. The Kier molecular flexibility index (Phi) is 28.1. The molecule has 0 bridgehead atoms. The zero-order valence-electron chi connectivity index (χ0n) is 24.5. The molecule has 218 valence electrons. The second-order valence-corrected chi connectivity index (χ2v) is 10.5. The average molecular weight is 525 g/mol. The Hall–Kier alpha value is -1.36. The van der Waals surface area contributed by atoms with Crippen LogP contribution >= 0.6 is 0 Å². The predicted molar refractivity (Wildman–Crippen MR) is 155 cm³/mol. The quantitative estimate of drug-likeness (QED) is 0.0628. The Morgan fingerprint density at radius 2 is 1.05 bits per heavy atom. The Labute approximate surface area is 229 Å². The van der Waals surface area contributed by atoms with Crippen molar-refractivity contribution in [3.63, 3.8) is 0 Å². The van der Waals surface area contributed by atoms with Crippen LogP contribution in [-0.4, -0.2) is 36.4 Å². The van der Waals surface area contributed by atoms with Crippen molar-refractivity contribution in [2.75, 3.05) is 13.2 Å². The minimum absolute atomic E-state index is 0.0780. The number of allylic oxidation sites excluding steroid dienone is 2. The first-order valence-corrected chi connectivity index (χ1v) is 15.7. The molecule has 0 amide bonds. The Bertz CT molecular complexity index is 531. The molecule has 0 spiro atoms. The lowest BCUT2D eigenvalue weighted by atomic mass is 10.0. The molecule has 0 aliphatic rings. The first kappa shape index (κ1) is 35.6. The molecule has 0 radical (unpaired) electrons. The van der Waals surface area contributed by atoms with Crippen LogP contribution in [0.2, 0.25) is 0 Å². The van der Waals surface area contributed by atoms with Crippen molar-refractivity contribution in [3.8, 4) is 0 Å². The minimum Gasteiger partial charge on any atom is -0.462 e. The van der Waals surface area contributed by atoms with E-state index in [2.05, 4.69) is 19.1 Å². The summed E-state index contributed by atoms with van der Waals surface area (Å²) in [4.78, 5) is 23.0. The van der Waals surface area contributed by atoms with Gasteiger partial charge in [-0.25, -0.2) is 0 Å². The van der Waals surface area contributed by atoms with E-state index in [-0.39, 0.29) is 31.6 Å². The third kappa shape index (κ3) is 27.5. The van der Waals surface area contributed by atoms with Crippen molar-refractivity contribution in [1.82, 2.24) is 0 Å². The fourth-order valence-corrected chi connectivity index (χ4v) is 4.41. The van der Waals surface area contributed by atoms with Crippen LogP contribution in [0.25, 0.3) is 0 Å². The summed E-state index contributed by atoms with van der Waals surface area (Å²) in [5, 5.41) is 9.25. The van der Waals surface area contributed by atoms with Gasteiger partial charge in [-0.05, 0) is 32.1 Å². The lowest BCUT2D eigenvalue weighted by Gasteiger charge is -2.15. The van der Waals surface area contributed by atoms with Gasteiger partial charge in [0.2, 0.25) is 0 Å². The molecule has 1 atom stereocenters. The van der Waals surface area contributed by atoms with E-state index in [0.717, 1.165) is 19.3 Å². The van der Waals surface area contributed by atoms with Gasteiger partial charge in [-0.3, -0.25) is 9.59 Å². The maximum Gasteiger partial charge on any atom is 0.306 e. The fraction of sp³-hybridized carbons (Fsp3) is 0.875. The molecule has 0 aliphatic heterocycles. The van der Waals surface area contributed by atoms with Gasteiger partial charge >= 0.3 is 11.9 Å². The predicted octanol–water partition coefficient (Wildman–Crippen LogP) is 9.00. The largest absolute Gasteiger partial charge is 0.462 e. The lowest BCUT2D eigenvalue weighted by Crippen LogP contribution is -2.28. The van der Waals surface area contributed by atoms with E-state index < -0.39 is 6.10 Å². The number of carbonyl (C=O) groups is 2. The van der Waals surface area contributed by atoms with Gasteiger partial charge in [-0.1, -0.05) is 129 Å². The standard InChI is InChI=1S/C32H60O5/c1-3-5-6-7-8-9-10-11-12-13-14-15-16-17-18-19-20-21-22-23-24-25-26-27-32(35)37-30(28-33)29-36-31(34)4-2/h13-14,30,33H,3-12,15-29H2,1-2H3/b14-13-. The molecule has 37 heavy (non-hydrogen) atoms. The second-order valence-electron chi connectivity index (χ2n) is 10.5. The highest BCUT2D eigenvalue weighted by molar-refractivity contribution is 5.70. The molecule has 0 aliphatic carbocycles.